The highest BCUT2D eigenvalue weighted by atomic mass is 32.2. The van der Waals surface area contributed by atoms with Crippen LogP contribution < -0.4 is 9.80 Å². The van der Waals surface area contributed by atoms with Gasteiger partial charge in [-0.3, -0.25) is 4.99 Å². The molecule has 4 aliphatic heterocycles. The number of benzene rings is 4. The second-order valence-corrected chi connectivity index (χ2v) is 27.2. The molecule has 1 saturated carbocycles. The molecule has 0 radical (unpaired) electrons. The highest BCUT2D eigenvalue weighted by molar-refractivity contribution is 8.03. The summed E-state index contributed by atoms with van der Waals surface area (Å²) >= 11 is 2.04. The third-order valence-corrected chi connectivity index (χ3v) is 20.4. The van der Waals surface area contributed by atoms with E-state index in [-0.39, 0.29) is 21.7 Å². The van der Waals surface area contributed by atoms with Crippen molar-refractivity contribution in [3.05, 3.63) is 200 Å². The Kier molecular flexibility index (Phi) is 18.1. The van der Waals surface area contributed by atoms with Crippen molar-refractivity contribution in [3.8, 4) is 0 Å². The number of para-hydroxylation sites is 4. The topological polar surface area (TPSA) is 24.9 Å². The van der Waals surface area contributed by atoms with Crippen LogP contribution in [0.2, 0.25) is 0 Å². The Morgan fingerprint density at radius 2 is 0.988 bits per heavy atom. The van der Waals surface area contributed by atoms with E-state index in [2.05, 4.69) is 242 Å². The molecule has 0 aromatic heterocycles. The largest absolute Gasteiger partial charge is 0.344 e. The van der Waals surface area contributed by atoms with E-state index >= 15 is 0 Å². The molecule has 0 unspecified atom stereocenters. The fourth-order valence-electron chi connectivity index (χ4n) is 14.5. The predicted molar refractivity (Wildman–Crippen MR) is 356 cm³/mol. The van der Waals surface area contributed by atoms with Crippen LogP contribution in [0.15, 0.2) is 183 Å². The highest BCUT2D eigenvalue weighted by Gasteiger charge is 2.46. The summed E-state index contributed by atoms with van der Waals surface area (Å²) in [4.78, 5) is 12.4. The monoisotopic (exact) mass is 1110 g/mol. The number of hydrogen-bond donors (Lipinski definition) is 0. The van der Waals surface area contributed by atoms with E-state index in [9.17, 15) is 0 Å². The number of unbranched alkanes of at least 4 members (excludes halogenated alkanes) is 4. The average molecular weight is 1110 g/mol. The normalized spacial score (nSPS) is 22.3. The molecule has 2 aliphatic carbocycles. The van der Waals surface area contributed by atoms with Crippen LogP contribution in [-0.2, 0) is 21.7 Å². The van der Waals surface area contributed by atoms with Gasteiger partial charge in [-0.25, -0.2) is 0 Å². The molecule has 1 fully saturated rings. The Hall–Kier alpha value is -5.98. The zero-order valence-electron chi connectivity index (χ0n) is 52.4. The standard InChI is InChI=1S/C76H97N5S/c1-13-17-50-78-63-33-25-21-29-59(63)73(5,6)67(78)45-41-55-37-38-56(42-46-68-74(7,8)60-30-22-26-34-64(60)79(68)51-18-14-2)71(55)77-49-54-82-72-57(43-47-69-75(9,10)61-31-23-27-35-65(61)80(69)52-19-15-3)39-40-58(72)44-48-70-76(11,12)62-32-24-28-36-66(62)81(70)53-20-16-4/h21-36,41-45,47-48H,13-20,37-40,46,49-54H2,1-12H3/q+2/b55-41+,56-42+,67-45?,77-71?. The zero-order chi connectivity index (χ0) is 57.8. The maximum atomic E-state index is 5.76. The summed E-state index contributed by atoms with van der Waals surface area (Å²) in [5, 5.41) is 0. The first kappa shape index (κ1) is 59.2. The molecule has 10 rings (SSSR count). The van der Waals surface area contributed by atoms with E-state index < -0.39 is 0 Å². The summed E-state index contributed by atoms with van der Waals surface area (Å²) < 4.78 is 5.28. The van der Waals surface area contributed by atoms with Crippen LogP contribution in [0.5, 0.6) is 0 Å². The van der Waals surface area contributed by atoms with Crippen LogP contribution in [-0.4, -0.2) is 64.8 Å². The first-order valence-electron chi connectivity index (χ1n) is 31.9. The number of allylic oxidation sites excluding steroid dienone is 13. The molecule has 0 amide bonds. The van der Waals surface area contributed by atoms with E-state index in [0.29, 0.717) is 0 Å². The van der Waals surface area contributed by atoms with Gasteiger partial charge in [0.25, 0.3) is 0 Å². The summed E-state index contributed by atoms with van der Waals surface area (Å²) in [7, 11) is 0. The highest BCUT2D eigenvalue weighted by Crippen LogP contribution is 2.51. The Morgan fingerprint density at radius 1 is 0.500 bits per heavy atom. The molecule has 4 aromatic rings. The molecule has 0 N–H and O–H groups in total. The first-order chi connectivity index (χ1) is 39.6. The number of anilines is 2. The number of rotatable bonds is 22. The van der Waals surface area contributed by atoms with Crippen LogP contribution in [0.4, 0.5) is 22.7 Å². The van der Waals surface area contributed by atoms with E-state index in [1.54, 1.807) is 0 Å². The molecule has 5 nitrogen and oxygen atoms in total. The minimum atomic E-state index is -0.0916. The molecule has 0 saturated heterocycles. The number of thioether (sulfide) groups is 1. The van der Waals surface area contributed by atoms with E-state index in [1.807, 2.05) is 11.8 Å². The Bertz CT molecular complexity index is 3370. The summed E-state index contributed by atoms with van der Waals surface area (Å²) in [5.74, 6) is 0.916. The van der Waals surface area contributed by atoms with Gasteiger partial charge in [0.15, 0.2) is 11.4 Å². The Morgan fingerprint density at radius 3 is 1.57 bits per heavy atom. The predicted octanol–water partition coefficient (Wildman–Crippen LogP) is 19.4. The van der Waals surface area contributed by atoms with Crippen LogP contribution in [0.1, 0.15) is 189 Å². The van der Waals surface area contributed by atoms with Gasteiger partial charge in [0.1, 0.15) is 13.1 Å². The van der Waals surface area contributed by atoms with Crippen molar-refractivity contribution in [3.63, 3.8) is 0 Å². The van der Waals surface area contributed by atoms with Crippen LogP contribution in [0.3, 0.4) is 0 Å². The van der Waals surface area contributed by atoms with Crippen molar-refractivity contribution in [2.75, 3.05) is 48.3 Å². The maximum Gasteiger partial charge on any atom is 0.209 e. The fourth-order valence-corrected chi connectivity index (χ4v) is 15.6. The molecule has 6 aliphatic rings. The second kappa shape index (κ2) is 25.1. The van der Waals surface area contributed by atoms with Crippen LogP contribution in [0, 0.1) is 0 Å². The lowest BCUT2D eigenvalue weighted by molar-refractivity contribution is -0.440. The fraction of sp³-hybridized carbons (Fsp3) is 0.461. The average Bonchev–Trinajstić information content (AvgIpc) is 2.83. The smallest absolute Gasteiger partial charge is 0.209 e. The Labute approximate surface area is 499 Å². The number of fused-ring (bicyclic) bond motifs is 4. The molecular formula is C76H97N5S+2. The molecule has 0 bridgehead atoms. The van der Waals surface area contributed by atoms with Crippen molar-refractivity contribution in [1.29, 1.82) is 0 Å². The number of aliphatic imine (C=N–C) groups is 1. The van der Waals surface area contributed by atoms with Crippen molar-refractivity contribution >= 4 is 51.6 Å². The van der Waals surface area contributed by atoms with Crippen LogP contribution >= 0.6 is 11.8 Å². The minimum Gasteiger partial charge on any atom is -0.344 e. The SMILES string of the molecule is CCCCN1C(=C/C=C2\CC/C(=C\CC3=[N+](CCCC)c4ccccc4C3(C)C)C2=NCCSC2=C(C=CC3=[N+](CCCC)c4ccccc4C3(C)C)CC/C2=C\C=C2\N(CCCC)c3ccccc3C2(C)C)C(C)(C)c2ccccc21. The van der Waals surface area contributed by atoms with Gasteiger partial charge in [-0.1, -0.05) is 178 Å². The van der Waals surface area contributed by atoms with Crippen molar-refractivity contribution < 1.29 is 9.15 Å². The molecule has 0 atom stereocenters. The molecular weight excluding hydrogens is 1010 g/mol. The molecule has 82 heavy (non-hydrogen) atoms. The molecule has 4 heterocycles. The summed E-state index contributed by atoms with van der Waals surface area (Å²) in [6.45, 7) is 33.6. The number of nitrogens with zero attached hydrogens (tertiary/aromatic N) is 5. The van der Waals surface area contributed by atoms with Gasteiger partial charge in [-0.05, 0) is 124 Å². The van der Waals surface area contributed by atoms with Gasteiger partial charge in [-0.2, -0.15) is 9.15 Å². The van der Waals surface area contributed by atoms with Gasteiger partial charge in [0, 0.05) is 112 Å². The lowest BCUT2D eigenvalue weighted by Gasteiger charge is -2.27. The quantitative estimate of drug-likeness (QED) is 0.0579. The van der Waals surface area contributed by atoms with Gasteiger partial charge in [-0.15, -0.1) is 11.8 Å². The van der Waals surface area contributed by atoms with Gasteiger partial charge in [0.05, 0.1) is 16.5 Å². The Balaban J connectivity index is 1.02. The summed E-state index contributed by atoms with van der Waals surface area (Å²) in [6, 6.07) is 36.5. The number of hydrogen-bond acceptors (Lipinski definition) is 4. The van der Waals surface area contributed by atoms with Crippen molar-refractivity contribution in [1.82, 2.24) is 0 Å². The van der Waals surface area contributed by atoms with Gasteiger partial charge >= 0.3 is 0 Å². The summed E-state index contributed by atoms with van der Waals surface area (Å²) in [6.07, 6.45) is 32.0. The lowest BCUT2D eigenvalue weighted by atomic mass is 9.80. The van der Waals surface area contributed by atoms with E-state index in [4.69, 9.17) is 4.99 Å². The van der Waals surface area contributed by atoms with Gasteiger partial charge in [0.2, 0.25) is 11.4 Å². The first-order valence-corrected chi connectivity index (χ1v) is 32.9. The van der Waals surface area contributed by atoms with Crippen LogP contribution in [0.25, 0.3) is 0 Å². The second-order valence-electron chi connectivity index (χ2n) is 26.1. The van der Waals surface area contributed by atoms with Gasteiger partial charge < -0.3 is 9.80 Å². The van der Waals surface area contributed by atoms with E-state index in [0.717, 1.165) is 70.6 Å². The molecule has 0 spiro atoms. The molecule has 430 valence electrons. The van der Waals surface area contributed by atoms with Crippen molar-refractivity contribution in [2.24, 2.45) is 4.99 Å². The van der Waals surface area contributed by atoms with E-state index in [1.165, 1.54) is 152 Å². The lowest BCUT2D eigenvalue weighted by Crippen LogP contribution is -2.29. The molecule has 4 aromatic carbocycles. The van der Waals surface area contributed by atoms with Crippen molar-refractivity contribution in [2.45, 2.75) is 188 Å². The third kappa shape index (κ3) is 11.3. The third-order valence-electron chi connectivity index (χ3n) is 19.3. The zero-order valence-corrected chi connectivity index (χ0v) is 53.2. The maximum absolute atomic E-state index is 5.76. The summed E-state index contributed by atoms with van der Waals surface area (Å²) in [5.41, 5.74) is 23.6. The minimum absolute atomic E-state index is 0.0422. The molecule has 6 heteroatoms.